The topological polar surface area (TPSA) is 9.23 Å². The summed E-state index contributed by atoms with van der Waals surface area (Å²) in [5, 5.41) is 0. The maximum absolute atomic E-state index is 4.83. The Labute approximate surface area is 90.5 Å². The molecule has 0 atom stereocenters. The molecule has 1 nitrogen and oxygen atoms in total. The van der Waals surface area contributed by atoms with Crippen molar-refractivity contribution in [2.24, 2.45) is 0 Å². The van der Waals surface area contributed by atoms with E-state index in [4.69, 9.17) is 4.74 Å². The number of hydrogen-bond acceptors (Lipinski definition) is 1. The Morgan fingerprint density at radius 3 is 1.07 bits per heavy atom. The summed E-state index contributed by atoms with van der Waals surface area (Å²) in [5.41, 5.74) is 0. The lowest BCUT2D eigenvalue weighted by Gasteiger charge is -1.86. The fourth-order valence-corrected chi connectivity index (χ4v) is 1.26. The largest absolute Gasteiger partial charge is 0.382 e. The maximum atomic E-state index is 4.83. The van der Waals surface area contributed by atoms with E-state index in [2.05, 4.69) is 13.8 Å². The van der Waals surface area contributed by atoms with Crippen molar-refractivity contribution in [2.75, 3.05) is 13.2 Å². The van der Waals surface area contributed by atoms with Crippen molar-refractivity contribution in [3.05, 3.63) is 0 Å². The van der Waals surface area contributed by atoms with Crippen LogP contribution in [0.3, 0.4) is 0 Å². The van der Waals surface area contributed by atoms with Crippen LogP contribution < -0.4 is 0 Å². The molecule has 14 heavy (non-hydrogen) atoms. The van der Waals surface area contributed by atoms with Crippen LogP contribution in [0.5, 0.6) is 0 Å². The second-order valence-electron chi connectivity index (χ2n) is 2.14. The summed E-state index contributed by atoms with van der Waals surface area (Å²) >= 11 is 0. The molecule has 0 saturated carbocycles. The van der Waals surface area contributed by atoms with E-state index in [0.717, 1.165) is 13.2 Å². The van der Waals surface area contributed by atoms with E-state index in [1.165, 1.54) is 12.1 Å². The van der Waals surface area contributed by atoms with Gasteiger partial charge in [-0.2, -0.15) is 0 Å². The second kappa shape index (κ2) is 51.9. The fraction of sp³-hybridized carbons (Fsp3) is 1.00. The standard InChI is InChI=1S/C4H10O.C4H12Si.B.3FH/c2*1-3-5-4-2;;;;/h3-4H2,1-2H3;3-5H2,1-2H3;;3*1H. The van der Waals surface area contributed by atoms with Crippen molar-refractivity contribution in [1.29, 1.82) is 0 Å². The van der Waals surface area contributed by atoms with E-state index in [9.17, 15) is 0 Å². The van der Waals surface area contributed by atoms with E-state index < -0.39 is 0 Å². The minimum absolute atomic E-state index is 0. The van der Waals surface area contributed by atoms with Gasteiger partial charge in [0.05, 0.1) is 0 Å². The number of ether oxygens (including phenoxy) is 1. The number of rotatable bonds is 4. The molecule has 6 heteroatoms. The highest BCUT2D eigenvalue weighted by molar-refractivity contribution is 6.34. The first-order chi connectivity index (χ1) is 4.83. The maximum Gasteiger partial charge on any atom is 0.0437 e. The SMILES string of the molecule is CCOCC.CC[SiH2]CC.F.F.F.[B]. The Hall–Kier alpha value is 0.0318. The molecule has 0 rings (SSSR count). The van der Waals surface area contributed by atoms with Crippen LogP contribution in [0.15, 0.2) is 0 Å². The summed E-state index contributed by atoms with van der Waals surface area (Å²) < 4.78 is 4.83. The van der Waals surface area contributed by atoms with Crippen molar-refractivity contribution < 1.29 is 18.9 Å². The minimum atomic E-state index is 0. The van der Waals surface area contributed by atoms with Gasteiger partial charge in [0.1, 0.15) is 0 Å². The molecule has 0 amide bonds. The fourth-order valence-electron chi connectivity index (χ4n) is 0.558. The molecule has 0 fully saturated rings. The van der Waals surface area contributed by atoms with Crippen LogP contribution >= 0.6 is 0 Å². The van der Waals surface area contributed by atoms with Crippen LogP contribution in [0.4, 0.5) is 14.1 Å². The highest BCUT2D eigenvalue weighted by atomic mass is 28.2. The quantitative estimate of drug-likeness (QED) is 0.676. The Morgan fingerprint density at radius 2 is 1.07 bits per heavy atom. The first-order valence-electron chi connectivity index (χ1n) is 4.41. The third kappa shape index (κ3) is 90.1. The molecule has 0 aliphatic carbocycles. The summed E-state index contributed by atoms with van der Waals surface area (Å²) in [6, 6.07) is 2.97. The van der Waals surface area contributed by atoms with Gasteiger partial charge in [0.25, 0.3) is 0 Å². The number of halogens is 3. The van der Waals surface area contributed by atoms with Gasteiger partial charge < -0.3 is 4.74 Å². The molecular weight excluding hydrogens is 208 g/mol. The summed E-state index contributed by atoms with van der Waals surface area (Å²) in [7, 11) is 0.432. The molecule has 0 spiro atoms. The Morgan fingerprint density at radius 1 is 0.786 bits per heavy atom. The highest BCUT2D eigenvalue weighted by Gasteiger charge is 1.70. The molecule has 3 radical (unpaired) electrons. The van der Waals surface area contributed by atoms with E-state index in [0.29, 0.717) is 9.52 Å². The summed E-state index contributed by atoms with van der Waals surface area (Å²) in [6.07, 6.45) is 0. The van der Waals surface area contributed by atoms with Gasteiger partial charge in [-0.05, 0) is 13.8 Å². The second-order valence-corrected chi connectivity index (χ2v) is 4.84. The molecule has 91 valence electrons. The molecule has 0 aliphatic rings. The van der Waals surface area contributed by atoms with E-state index in [1.807, 2.05) is 13.8 Å². The minimum Gasteiger partial charge on any atom is -0.382 e. The van der Waals surface area contributed by atoms with Crippen LogP contribution in [0.25, 0.3) is 0 Å². The van der Waals surface area contributed by atoms with Gasteiger partial charge in [-0.15, -0.1) is 0 Å². The first-order valence-corrected chi connectivity index (χ1v) is 6.41. The summed E-state index contributed by atoms with van der Waals surface area (Å²) in [6.45, 7) is 10.2. The van der Waals surface area contributed by atoms with Crippen LogP contribution in [-0.4, -0.2) is 31.1 Å². The molecule has 0 saturated heterocycles. The van der Waals surface area contributed by atoms with Crippen molar-refractivity contribution in [3.63, 3.8) is 0 Å². The smallest absolute Gasteiger partial charge is 0.0437 e. The van der Waals surface area contributed by atoms with Crippen LogP contribution in [-0.2, 0) is 4.74 Å². The van der Waals surface area contributed by atoms with Gasteiger partial charge >= 0.3 is 0 Å². The molecule has 0 bridgehead atoms. The average molecular weight is 233 g/mol. The van der Waals surface area contributed by atoms with E-state index in [1.54, 1.807) is 0 Å². The van der Waals surface area contributed by atoms with Crippen molar-refractivity contribution >= 4 is 17.9 Å². The van der Waals surface area contributed by atoms with Crippen molar-refractivity contribution in [3.8, 4) is 0 Å². The molecule has 0 unspecified atom stereocenters. The summed E-state index contributed by atoms with van der Waals surface area (Å²) in [4.78, 5) is 0. The van der Waals surface area contributed by atoms with Crippen LogP contribution in [0.1, 0.15) is 27.7 Å². The number of hydrogen-bond donors (Lipinski definition) is 0. The van der Waals surface area contributed by atoms with Gasteiger partial charge in [-0.1, -0.05) is 25.9 Å². The Balaban J connectivity index is -0.0000000178. The van der Waals surface area contributed by atoms with Gasteiger partial charge in [0.15, 0.2) is 0 Å². The van der Waals surface area contributed by atoms with Crippen LogP contribution in [0.2, 0.25) is 12.1 Å². The molecule has 0 N–H and O–H groups in total. The van der Waals surface area contributed by atoms with Gasteiger partial charge in [0, 0.05) is 31.1 Å². The molecule has 0 heterocycles. The molecular formula is C8H25BF3OSi. The highest BCUT2D eigenvalue weighted by Crippen LogP contribution is 1.77. The third-order valence-corrected chi connectivity index (χ3v) is 2.53. The Kier molecular flexibility index (Phi) is 137. The van der Waals surface area contributed by atoms with Crippen molar-refractivity contribution in [1.82, 2.24) is 0 Å². The molecule has 0 aromatic rings. The van der Waals surface area contributed by atoms with E-state index >= 15 is 0 Å². The van der Waals surface area contributed by atoms with Gasteiger partial charge in [-0.25, -0.2) is 0 Å². The molecule has 0 aromatic heterocycles. The zero-order valence-electron chi connectivity index (χ0n) is 9.75. The lowest BCUT2D eigenvalue weighted by atomic mass is 10.8. The van der Waals surface area contributed by atoms with Gasteiger partial charge in [-0.3, -0.25) is 14.1 Å². The summed E-state index contributed by atoms with van der Waals surface area (Å²) in [5.74, 6) is 0. The van der Waals surface area contributed by atoms with E-state index in [-0.39, 0.29) is 22.5 Å². The normalized spacial score (nSPS) is 6.00. The van der Waals surface area contributed by atoms with Crippen molar-refractivity contribution in [2.45, 2.75) is 39.8 Å². The van der Waals surface area contributed by atoms with Gasteiger partial charge in [0.2, 0.25) is 0 Å². The lowest BCUT2D eigenvalue weighted by molar-refractivity contribution is 0.162. The lowest BCUT2D eigenvalue weighted by Crippen LogP contribution is -1.84. The predicted molar refractivity (Wildman–Crippen MR) is 64.9 cm³/mol. The van der Waals surface area contributed by atoms with Crippen LogP contribution in [0, 0.1) is 0 Å². The first kappa shape index (κ1) is 36.9. The predicted octanol–water partition coefficient (Wildman–Crippen LogP) is 2.15. The zero-order valence-corrected chi connectivity index (χ0v) is 11.2. The monoisotopic (exact) mass is 233 g/mol. The third-order valence-electron chi connectivity index (χ3n) is 1.12. The average Bonchev–Trinajstić information content (AvgIpc) is 1.93. The molecule has 0 aromatic carbocycles. The molecule has 0 aliphatic heterocycles. The Bertz CT molecular complexity index is 45.6. The zero-order chi connectivity index (χ0) is 8.24.